The van der Waals surface area contributed by atoms with E-state index in [4.69, 9.17) is 16.3 Å². The summed E-state index contributed by atoms with van der Waals surface area (Å²) < 4.78 is 6.17. The average Bonchev–Trinajstić information content (AvgIpc) is 2.44. The Labute approximate surface area is 127 Å². The minimum Gasteiger partial charge on any atom is -0.380 e. The van der Waals surface area contributed by atoms with Gasteiger partial charge in [0.1, 0.15) is 5.15 Å². The molecule has 0 spiro atoms. The van der Waals surface area contributed by atoms with E-state index in [2.05, 4.69) is 4.98 Å². The van der Waals surface area contributed by atoms with Crippen LogP contribution in [0.2, 0.25) is 5.15 Å². The summed E-state index contributed by atoms with van der Waals surface area (Å²) in [5.41, 5.74) is 0.897. The molecule has 112 valence electrons. The molecule has 5 nitrogen and oxygen atoms in total. The maximum Gasteiger partial charge on any atom is 0.334 e. The van der Waals surface area contributed by atoms with Crippen LogP contribution in [-0.4, -0.2) is 16.7 Å². The number of H-pyrrole nitrogens is 1. The van der Waals surface area contributed by atoms with E-state index in [0.717, 1.165) is 16.6 Å². The van der Waals surface area contributed by atoms with Gasteiger partial charge in [0.2, 0.25) is 0 Å². The molecule has 1 heterocycles. The van der Waals surface area contributed by atoms with Gasteiger partial charge in [-0.2, -0.15) is 0 Å². The summed E-state index contributed by atoms with van der Waals surface area (Å²) in [6.45, 7) is 2.36. The van der Waals surface area contributed by atoms with Crippen LogP contribution in [0.5, 0.6) is 0 Å². The van der Waals surface area contributed by atoms with Crippen LogP contribution in [0.15, 0.2) is 33.9 Å². The maximum atomic E-state index is 12.5. The molecule has 0 fully saturated rings. The van der Waals surface area contributed by atoms with E-state index in [1.54, 1.807) is 25.3 Å². The van der Waals surface area contributed by atoms with Crippen molar-refractivity contribution in [3.05, 3.63) is 61.4 Å². The fourth-order valence-electron chi connectivity index (χ4n) is 2.20. The first-order valence-corrected chi connectivity index (χ1v) is 7.08. The van der Waals surface area contributed by atoms with Crippen molar-refractivity contribution in [2.24, 2.45) is 0 Å². The molecule has 1 N–H and O–H groups in total. The molecule has 1 aromatic carbocycles. The number of ether oxygens (including phenoxy) is 1. The first-order valence-electron chi connectivity index (χ1n) is 6.70. The van der Waals surface area contributed by atoms with E-state index in [0.29, 0.717) is 24.3 Å². The normalized spacial score (nSPS) is 10.8. The number of halogens is 1. The minimum atomic E-state index is -0.542. The van der Waals surface area contributed by atoms with Gasteiger partial charge in [0.25, 0.3) is 5.56 Å². The lowest BCUT2D eigenvalue weighted by atomic mass is 10.2. The SMILES string of the molecule is CCCc1c(Cl)[nH]c(=O)n(-c2cccc(COC)c2)c1=O. The van der Waals surface area contributed by atoms with Gasteiger partial charge in [-0.05, 0) is 24.1 Å². The number of rotatable bonds is 5. The number of hydrogen-bond acceptors (Lipinski definition) is 3. The predicted molar refractivity (Wildman–Crippen MR) is 82.4 cm³/mol. The van der Waals surface area contributed by atoms with Crippen LogP contribution in [0.25, 0.3) is 5.69 Å². The molecular weight excluding hydrogens is 292 g/mol. The molecule has 0 bridgehead atoms. The Balaban J connectivity index is 2.63. The molecule has 21 heavy (non-hydrogen) atoms. The van der Waals surface area contributed by atoms with Crippen molar-refractivity contribution in [3.8, 4) is 5.69 Å². The summed E-state index contributed by atoms with van der Waals surface area (Å²) in [7, 11) is 1.59. The molecule has 0 saturated carbocycles. The van der Waals surface area contributed by atoms with Gasteiger partial charge in [0.15, 0.2) is 0 Å². The molecule has 0 unspecified atom stereocenters. The second kappa shape index (κ2) is 6.74. The van der Waals surface area contributed by atoms with Gasteiger partial charge in [-0.25, -0.2) is 9.36 Å². The van der Waals surface area contributed by atoms with Crippen molar-refractivity contribution < 1.29 is 4.74 Å². The van der Waals surface area contributed by atoms with E-state index in [1.165, 1.54) is 0 Å². The Morgan fingerprint density at radius 2 is 2.10 bits per heavy atom. The van der Waals surface area contributed by atoms with Crippen molar-refractivity contribution in [3.63, 3.8) is 0 Å². The van der Waals surface area contributed by atoms with Crippen molar-refractivity contribution in [2.75, 3.05) is 7.11 Å². The number of methoxy groups -OCH3 is 1. The van der Waals surface area contributed by atoms with Gasteiger partial charge in [-0.1, -0.05) is 37.1 Å². The molecule has 1 aromatic heterocycles. The van der Waals surface area contributed by atoms with E-state index < -0.39 is 5.69 Å². The Morgan fingerprint density at radius 1 is 1.33 bits per heavy atom. The van der Waals surface area contributed by atoms with Gasteiger partial charge in [0, 0.05) is 7.11 Å². The largest absolute Gasteiger partial charge is 0.380 e. The molecule has 0 aliphatic heterocycles. The third-order valence-corrected chi connectivity index (χ3v) is 3.45. The maximum absolute atomic E-state index is 12.5. The Hall–Kier alpha value is -1.85. The number of benzene rings is 1. The minimum absolute atomic E-state index is 0.121. The number of nitrogens with one attached hydrogen (secondary N) is 1. The second-order valence-electron chi connectivity index (χ2n) is 4.72. The molecule has 6 heteroatoms. The smallest absolute Gasteiger partial charge is 0.334 e. The summed E-state index contributed by atoms with van der Waals surface area (Å²) in [6.07, 6.45) is 1.29. The molecule has 0 aliphatic carbocycles. The molecule has 0 saturated heterocycles. The average molecular weight is 309 g/mol. The van der Waals surface area contributed by atoms with Crippen LogP contribution in [0.4, 0.5) is 0 Å². The highest BCUT2D eigenvalue weighted by molar-refractivity contribution is 6.30. The summed E-state index contributed by atoms with van der Waals surface area (Å²) in [6, 6.07) is 7.11. The number of hydrogen-bond donors (Lipinski definition) is 1. The fraction of sp³-hybridized carbons (Fsp3) is 0.333. The Morgan fingerprint density at radius 3 is 2.76 bits per heavy atom. The third-order valence-electron chi connectivity index (χ3n) is 3.13. The van der Waals surface area contributed by atoms with E-state index in [9.17, 15) is 9.59 Å². The van der Waals surface area contributed by atoms with Crippen LogP contribution >= 0.6 is 11.6 Å². The highest BCUT2D eigenvalue weighted by Gasteiger charge is 2.13. The van der Waals surface area contributed by atoms with Crippen LogP contribution in [0, 0.1) is 0 Å². The second-order valence-corrected chi connectivity index (χ2v) is 5.09. The first-order chi connectivity index (χ1) is 10.1. The van der Waals surface area contributed by atoms with E-state index in [-0.39, 0.29) is 10.7 Å². The van der Waals surface area contributed by atoms with Crippen LogP contribution in [-0.2, 0) is 17.8 Å². The number of aromatic amines is 1. The van der Waals surface area contributed by atoms with Crippen LogP contribution in [0.1, 0.15) is 24.5 Å². The third kappa shape index (κ3) is 3.25. The van der Waals surface area contributed by atoms with Gasteiger partial charge in [-0.3, -0.25) is 9.78 Å². The Kier molecular flexibility index (Phi) is 4.98. The lowest BCUT2D eigenvalue weighted by molar-refractivity contribution is 0.185. The Bertz CT molecular complexity index is 749. The van der Waals surface area contributed by atoms with Crippen molar-refractivity contribution in [2.45, 2.75) is 26.4 Å². The van der Waals surface area contributed by atoms with Gasteiger partial charge >= 0.3 is 5.69 Å². The van der Waals surface area contributed by atoms with E-state index in [1.807, 2.05) is 13.0 Å². The zero-order valence-corrected chi connectivity index (χ0v) is 12.7. The first kappa shape index (κ1) is 15.5. The zero-order chi connectivity index (χ0) is 15.4. The highest BCUT2D eigenvalue weighted by Crippen LogP contribution is 2.12. The fourth-order valence-corrected chi connectivity index (χ4v) is 2.46. The molecule has 0 amide bonds. The number of aromatic nitrogens is 2. The summed E-state index contributed by atoms with van der Waals surface area (Å²) in [5.74, 6) is 0. The molecule has 0 aliphatic rings. The lowest BCUT2D eigenvalue weighted by Gasteiger charge is -2.09. The molecule has 0 radical (unpaired) electrons. The quantitative estimate of drug-likeness (QED) is 0.862. The predicted octanol–water partition coefficient (Wildman–Crippen LogP) is 2.28. The van der Waals surface area contributed by atoms with Crippen LogP contribution < -0.4 is 11.2 Å². The van der Waals surface area contributed by atoms with Gasteiger partial charge < -0.3 is 4.74 Å². The molecular formula is C15H17ClN2O3. The van der Waals surface area contributed by atoms with Crippen LogP contribution in [0.3, 0.4) is 0 Å². The monoisotopic (exact) mass is 308 g/mol. The van der Waals surface area contributed by atoms with Gasteiger partial charge in [-0.15, -0.1) is 0 Å². The zero-order valence-electron chi connectivity index (χ0n) is 12.0. The summed E-state index contributed by atoms with van der Waals surface area (Å²) in [4.78, 5) is 27.1. The molecule has 0 atom stereocenters. The standard InChI is InChI=1S/C15H17ClN2O3/c1-3-5-12-13(16)17-15(20)18(14(12)19)11-7-4-6-10(8-11)9-21-2/h4,6-8H,3,5,9H2,1-2H3,(H,17,20). The van der Waals surface area contributed by atoms with Gasteiger partial charge in [0.05, 0.1) is 17.9 Å². The van der Waals surface area contributed by atoms with E-state index >= 15 is 0 Å². The molecule has 2 aromatic rings. The molecule has 2 rings (SSSR count). The van der Waals surface area contributed by atoms with Crippen molar-refractivity contribution >= 4 is 11.6 Å². The topological polar surface area (TPSA) is 64.1 Å². The van der Waals surface area contributed by atoms with Crippen molar-refractivity contribution in [1.82, 2.24) is 9.55 Å². The summed E-state index contributed by atoms with van der Waals surface area (Å²) >= 11 is 5.97. The lowest BCUT2D eigenvalue weighted by Crippen LogP contribution is -2.36. The van der Waals surface area contributed by atoms with Crippen molar-refractivity contribution in [1.29, 1.82) is 0 Å². The summed E-state index contributed by atoms with van der Waals surface area (Å²) in [5, 5.41) is 0.121. The highest BCUT2D eigenvalue weighted by atomic mass is 35.5. The number of nitrogens with zero attached hydrogens (tertiary/aromatic N) is 1.